The monoisotopic (exact) mass is 226 g/mol. The highest BCUT2D eigenvalue weighted by atomic mass is 14.1. The van der Waals surface area contributed by atoms with Crippen molar-refractivity contribution in [3.63, 3.8) is 0 Å². The van der Waals surface area contributed by atoms with Crippen molar-refractivity contribution in [2.75, 3.05) is 0 Å². The van der Waals surface area contributed by atoms with Gasteiger partial charge in [-0.2, -0.15) is 0 Å². The summed E-state index contributed by atoms with van der Waals surface area (Å²) in [4.78, 5) is 0. The number of hydrogen-bond acceptors (Lipinski definition) is 0. The van der Waals surface area contributed by atoms with E-state index in [0.29, 0.717) is 5.92 Å². The lowest BCUT2D eigenvalue weighted by Gasteiger charge is -2.12. The van der Waals surface area contributed by atoms with E-state index in [2.05, 4.69) is 57.2 Å². The minimum atomic E-state index is 0.608. The molecule has 0 spiro atoms. The van der Waals surface area contributed by atoms with E-state index in [-0.39, 0.29) is 0 Å². The lowest BCUT2D eigenvalue weighted by Crippen LogP contribution is -1.92. The Morgan fingerprint density at radius 2 is 2.00 bits per heavy atom. The Hall–Kier alpha value is -1.30. The van der Waals surface area contributed by atoms with E-state index in [1.165, 1.54) is 41.5 Å². The maximum atomic E-state index is 2.35. The highest BCUT2D eigenvalue weighted by Gasteiger charge is 2.04. The van der Waals surface area contributed by atoms with E-state index in [4.69, 9.17) is 0 Å². The van der Waals surface area contributed by atoms with Gasteiger partial charge in [-0.1, -0.05) is 55.8 Å². The van der Waals surface area contributed by atoms with Gasteiger partial charge in [-0.3, -0.25) is 0 Å². The largest absolute Gasteiger partial charge is 0.0730 e. The van der Waals surface area contributed by atoms with E-state index >= 15 is 0 Å². The quantitative estimate of drug-likeness (QED) is 0.640. The molecule has 0 heterocycles. The minimum Gasteiger partial charge on any atom is -0.0730 e. The fourth-order valence-corrected chi connectivity index (χ4v) is 2.37. The zero-order valence-electron chi connectivity index (χ0n) is 11.2. The summed E-state index contributed by atoms with van der Waals surface area (Å²) >= 11 is 0. The number of benzene rings is 1. The maximum Gasteiger partial charge on any atom is -0.0219 e. The van der Waals surface area contributed by atoms with E-state index in [1.807, 2.05) is 0 Å². The molecule has 0 fully saturated rings. The van der Waals surface area contributed by atoms with E-state index in [1.54, 1.807) is 0 Å². The van der Waals surface area contributed by atoms with Gasteiger partial charge in [0.2, 0.25) is 0 Å². The van der Waals surface area contributed by atoms with Crippen LogP contribution in [-0.4, -0.2) is 0 Å². The molecule has 90 valence electrons. The molecule has 1 aliphatic carbocycles. The third-order valence-corrected chi connectivity index (χ3v) is 3.40. The Labute approximate surface area is 105 Å². The van der Waals surface area contributed by atoms with Gasteiger partial charge in [0, 0.05) is 0 Å². The molecular weight excluding hydrogens is 204 g/mol. The first kappa shape index (κ1) is 12.2. The second-order valence-electron chi connectivity index (χ2n) is 5.39. The van der Waals surface area contributed by atoms with Gasteiger partial charge in [0.05, 0.1) is 0 Å². The van der Waals surface area contributed by atoms with Crippen LogP contribution in [-0.2, 0) is 0 Å². The SMILES string of the molecule is CC1=C/C(=C/c2cccc(C(C)C)c2)CCC1. The average molecular weight is 226 g/mol. The van der Waals surface area contributed by atoms with Gasteiger partial charge in [0.25, 0.3) is 0 Å². The Kier molecular flexibility index (Phi) is 3.83. The van der Waals surface area contributed by atoms with Gasteiger partial charge in [0.15, 0.2) is 0 Å². The van der Waals surface area contributed by atoms with Crippen molar-refractivity contribution in [3.05, 3.63) is 52.6 Å². The van der Waals surface area contributed by atoms with Crippen molar-refractivity contribution in [1.29, 1.82) is 0 Å². The minimum absolute atomic E-state index is 0.608. The summed E-state index contributed by atoms with van der Waals surface area (Å²) in [5, 5.41) is 0. The smallest absolute Gasteiger partial charge is 0.0219 e. The van der Waals surface area contributed by atoms with Crippen molar-refractivity contribution >= 4 is 6.08 Å². The van der Waals surface area contributed by atoms with Gasteiger partial charge in [0.1, 0.15) is 0 Å². The van der Waals surface area contributed by atoms with Crippen LogP contribution in [0.1, 0.15) is 57.1 Å². The average Bonchev–Trinajstić information content (AvgIpc) is 2.29. The maximum absolute atomic E-state index is 2.35. The second-order valence-corrected chi connectivity index (χ2v) is 5.39. The standard InChI is InChI=1S/C17H22/c1-13(2)17-9-5-8-16(12-17)11-15-7-4-6-14(3)10-15/h5,8-13H,4,6-7H2,1-3H3/b15-11+. The van der Waals surface area contributed by atoms with Crippen molar-refractivity contribution < 1.29 is 0 Å². The lowest BCUT2D eigenvalue weighted by atomic mass is 9.94. The van der Waals surface area contributed by atoms with Crippen LogP contribution in [0.2, 0.25) is 0 Å². The lowest BCUT2D eigenvalue weighted by molar-refractivity contribution is 0.787. The molecule has 17 heavy (non-hydrogen) atoms. The van der Waals surface area contributed by atoms with E-state index in [9.17, 15) is 0 Å². The molecule has 2 rings (SSSR count). The van der Waals surface area contributed by atoms with Gasteiger partial charge in [-0.05, 0) is 48.8 Å². The second kappa shape index (κ2) is 5.35. The topological polar surface area (TPSA) is 0 Å². The van der Waals surface area contributed by atoms with Crippen LogP contribution in [0.25, 0.3) is 6.08 Å². The first-order chi connectivity index (χ1) is 8.15. The van der Waals surface area contributed by atoms with E-state index in [0.717, 1.165) is 0 Å². The third kappa shape index (κ3) is 3.33. The molecule has 0 aromatic heterocycles. The van der Waals surface area contributed by atoms with Crippen LogP contribution in [0, 0.1) is 0 Å². The summed E-state index contributed by atoms with van der Waals surface area (Å²) in [7, 11) is 0. The molecule has 1 aromatic rings. The molecule has 1 aromatic carbocycles. The van der Waals surface area contributed by atoms with Crippen molar-refractivity contribution in [2.24, 2.45) is 0 Å². The van der Waals surface area contributed by atoms with Crippen LogP contribution in [0.5, 0.6) is 0 Å². The summed E-state index contributed by atoms with van der Waals surface area (Å²) in [6.45, 7) is 6.73. The number of rotatable bonds is 2. The fraction of sp³-hybridized carbons (Fsp3) is 0.412. The Balaban J connectivity index is 2.26. The molecule has 0 heteroatoms. The molecule has 0 saturated heterocycles. The summed E-state index contributed by atoms with van der Waals surface area (Å²) in [5.41, 5.74) is 5.77. The van der Waals surface area contributed by atoms with Crippen LogP contribution in [0.4, 0.5) is 0 Å². The number of allylic oxidation sites excluding steroid dienone is 3. The van der Waals surface area contributed by atoms with Crippen molar-refractivity contribution in [3.8, 4) is 0 Å². The zero-order chi connectivity index (χ0) is 12.3. The molecule has 1 aliphatic rings. The van der Waals surface area contributed by atoms with Crippen LogP contribution >= 0.6 is 0 Å². The van der Waals surface area contributed by atoms with Gasteiger partial charge in [-0.25, -0.2) is 0 Å². The first-order valence-electron chi connectivity index (χ1n) is 6.63. The third-order valence-electron chi connectivity index (χ3n) is 3.40. The normalized spacial score (nSPS) is 18.6. The summed E-state index contributed by atoms with van der Waals surface area (Å²) in [5.74, 6) is 0.608. The Morgan fingerprint density at radius 1 is 1.18 bits per heavy atom. The molecular formula is C17H22. The van der Waals surface area contributed by atoms with Crippen LogP contribution < -0.4 is 0 Å². The highest BCUT2D eigenvalue weighted by molar-refractivity contribution is 5.57. The molecule has 0 saturated carbocycles. The fourth-order valence-electron chi connectivity index (χ4n) is 2.37. The van der Waals surface area contributed by atoms with Gasteiger partial charge < -0.3 is 0 Å². The molecule has 0 N–H and O–H groups in total. The molecule has 0 unspecified atom stereocenters. The summed E-state index contributed by atoms with van der Waals surface area (Å²) in [6, 6.07) is 8.90. The molecule has 0 atom stereocenters. The van der Waals surface area contributed by atoms with Gasteiger partial charge >= 0.3 is 0 Å². The molecule has 0 bridgehead atoms. The van der Waals surface area contributed by atoms with Crippen molar-refractivity contribution in [1.82, 2.24) is 0 Å². The predicted octanol–water partition coefficient (Wildman–Crippen LogP) is 5.32. The molecule has 0 aliphatic heterocycles. The first-order valence-corrected chi connectivity index (χ1v) is 6.63. The van der Waals surface area contributed by atoms with E-state index < -0.39 is 0 Å². The van der Waals surface area contributed by atoms with Gasteiger partial charge in [-0.15, -0.1) is 0 Å². The summed E-state index contributed by atoms with van der Waals surface area (Å²) < 4.78 is 0. The Morgan fingerprint density at radius 3 is 2.71 bits per heavy atom. The Bertz CT molecular complexity index is 447. The van der Waals surface area contributed by atoms with Crippen molar-refractivity contribution in [2.45, 2.75) is 46.0 Å². The van der Waals surface area contributed by atoms with Crippen LogP contribution in [0.3, 0.4) is 0 Å². The highest BCUT2D eigenvalue weighted by Crippen LogP contribution is 2.24. The molecule has 0 amide bonds. The predicted molar refractivity (Wildman–Crippen MR) is 76.1 cm³/mol. The molecule has 0 nitrogen and oxygen atoms in total. The van der Waals surface area contributed by atoms with Crippen LogP contribution in [0.15, 0.2) is 41.5 Å². The molecule has 0 radical (unpaired) electrons. The summed E-state index contributed by atoms with van der Waals surface area (Å²) in [6.07, 6.45) is 8.49. The number of hydrogen-bond donors (Lipinski definition) is 0. The zero-order valence-corrected chi connectivity index (χ0v) is 11.2.